The van der Waals surface area contributed by atoms with Gasteiger partial charge in [-0.2, -0.15) is 0 Å². The van der Waals surface area contributed by atoms with Gasteiger partial charge in [-0.15, -0.1) is 11.3 Å². The minimum absolute atomic E-state index is 0.285. The number of aromatic nitrogens is 2. The molecule has 1 unspecified atom stereocenters. The first-order chi connectivity index (χ1) is 13.8. The number of para-hydroxylation sites is 1. The molecule has 0 amide bonds. The molecule has 3 aromatic rings. The van der Waals surface area contributed by atoms with E-state index in [0.29, 0.717) is 18.0 Å². The summed E-state index contributed by atoms with van der Waals surface area (Å²) in [7, 11) is 0. The van der Waals surface area contributed by atoms with Gasteiger partial charge in [-0.1, -0.05) is 12.1 Å². The van der Waals surface area contributed by atoms with Crippen LogP contribution < -0.4 is 10.6 Å². The number of hydrogen-bond donors (Lipinski definition) is 3. The molecule has 0 saturated heterocycles. The molecule has 5 nitrogen and oxygen atoms in total. The van der Waals surface area contributed by atoms with Crippen LogP contribution in [-0.4, -0.2) is 33.8 Å². The quantitative estimate of drug-likeness (QED) is 0.555. The van der Waals surface area contributed by atoms with Crippen LogP contribution in [0.5, 0.6) is 0 Å². The van der Waals surface area contributed by atoms with Crippen LogP contribution in [0.2, 0.25) is 0 Å². The minimum atomic E-state index is 0.285. The molecule has 0 spiro atoms. The third kappa shape index (κ3) is 3.59. The second-order valence-electron chi connectivity index (χ2n) is 8.08. The lowest BCUT2D eigenvalue weighted by molar-refractivity contribution is 0.229. The number of benzene rings is 1. The Labute approximate surface area is 169 Å². The normalized spacial score (nSPS) is 22.3. The van der Waals surface area contributed by atoms with Gasteiger partial charge in [0.25, 0.3) is 0 Å². The molecule has 2 fully saturated rings. The molecular formula is C22H26N4OS. The minimum Gasteiger partial charge on any atom is -0.396 e. The molecule has 3 N–H and O–H groups in total. The number of rotatable bonds is 6. The van der Waals surface area contributed by atoms with E-state index in [0.717, 1.165) is 46.9 Å². The number of aliphatic hydroxyl groups excluding tert-OH is 1. The highest BCUT2D eigenvalue weighted by atomic mass is 32.1. The monoisotopic (exact) mass is 394 g/mol. The number of thiazole rings is 1. The van der Waals surface area contributed by atoms with E-state index in [1.54, 1.807) is 11.3 Å². The Balaban J connectivity index is 1.47. The predicted molar refractivity (Wildman–Crippen MR) is 116 cm³/mol. The SMILES string of the molecule is OC[C@@H]1CCC(Nc2cc(NC3CCC3)ncc2-c2nc3ccccc3s2)C1. The second kappa shape index (κ2) is 7.68. The highest BCUT2D eigenvalue weighted by Gasteiger charge is 2.25. The molecular weight excluding hydrogens is 368 g/mol. The fourth-order valence-corrected chi connectivity index (χ4v) is 5.15. The van der Waals surface area contributed by atoms with Gasteiger partial charge in [-0.25, -0.2) is 9.97 Å². The van der Waals surface area contributed by atoms with Crippen molar-refractivity contribution in [1.82, 2.24) is 9.97 Å². The Morgan fingerprint density at radius 3 is 2.71 bits per heavy atom. The molecule has 1 aromatic carbocycles. The van der Waals surface area contributed by atoms with Crippen LogP contribution in [0.4, 0.5) is 11.5 Å². The van der Waals surface area contributed by atoms with E-state index >= 15 is 0 Å². The average molecular weight is 395 g/mol. The summed E-state index contributed by atoms with van der Waals surface area (Å²) in [6, 6.07) is 11.4. The molecule has 2 aromatic heterocycles. The predicted octanol–water partition coefficient (Wildman–Crippen LogP) is 4.90. The van der Waals surface area contributed by atoms with Gasteiger partial charge in [0.05, 0.1) is 15.8 Å². The third-order valence-corrected chi connectivity index (χ3v) is 7.11. The molecule has 2 aliphatic carbocycles. The molecule has 5 rings (SSSR count). The van der Waals surface area contributed by atoms with Gasteiger partial charge in [0.15, 0.2) is 0 Å². The van der Waals surface area contributed by atoms with E-state index < -0.39 is 0 Å². The van der Waals surface area contributed by atoms with Crippen molar-refractivity contribution in [2.75, 3.05) is 17.2 Å². The number of nitrogens with zero attached hydrogens (tertiary/aromatic N) is 2. The van der Waals surface area contributed by atoms with Crippen LogP contribution >= 0.6 is 11.3 Å². The highest BCUT2D eigenvalue weighted by molar-refractivity contribution is 7.21. The number of hydrogen-bond acceptors (Lipinski definition) is 6. The molecule has 6 heteroatoms. The van der Waals surface area contributed by atoms with Gasteiger partial charge < -0.3 is 15.7 Å². The second-order valence-corrected chi connectivity index (χ2v) is 9.11. The Hall–Kier alpha value is -2.18. The number of fused-ring (bicyclic) bond motifs is 1. The summed E-state index contributed by atoms with van der Waals surface area (Å²) in [6.07, 6.45) is 8.91. The molecule has 28 heavy (non-hydrogen) atoms. The summed E-state index contributed by atoms with van der Waals surface area (Å²) in [5.41, 5.74) is 3.19. The lowest BCUT2D eigenvalue weighted by atomic mass is 9.93. The number of anilines is 2. The maximum Gasteiger partial charge on any atom is 0.128 e. The fourth-order valence-electron chi connectivity index (χ4n) is 4.17. The summed E-state index contributed by atoms with van der Waals surface area (Å²) in [5.74, 6) is 1.35. The molecule has 2 aliphatic rings. The Morgan fingerprint density at radius 2 is 1.96 bits per heavy atom. The number of aliphatic hydroxyl groups is 1. The van der Waals surface area contributed by atoms with Gasteiger partial charge in [-0.05, 0) is 56.6 Å². The number of pyridine rings is 1. The summed E-state index contributed by atoms with van der Waals surface area (Å²) in [5, 5.41) is 17.8. The van der Waals surface area contributed by atoms with E-state index in [-0.39, 0.29) is 6.61 Å². The molecule has 146 valence electrons. The Bertz CT molecular complexity index is 935. The fraction of sp³-hybridized carbons (Fsp3) is 0.455. The smallest absolute Gasteiger partial charge is 0.128 e. The van der Waals surface area contributed by atoms with E-state index in [4.69, 9.17) is 4.98 Å². The summed E-state index contributed by atoms with van der Waals surface area (Å²) in [4.78, 5) is 9.53. The summed E-state index contributed by atoms with van der Waals surface area (Å²) < 4.78 is 1.20. The summed E-state index contributed by atoms with van der Waals surface area (Å²) in [6.45, 7) is 0.285. The molecule has 2 saturated carbocycles. The standard InChI is InChI=1S/C22H26N4OS/c27-13-14-8-9-16(10-14)24-19-11-21(25-15-4-3-5-15)23-12-17(19)22-26-18-6-1-2-7-20(18)28-22/h1-2,6-7,11-12,14-16,27H,3-5,8-10,13H2,(H2,23,24,25)/t14-,16?/m1/s1. The van der Waals surface area contributed by atoms with E-state index in [9.17, 15) is 5.11 Å². The van der Waals surface area contributed by atoms with Crippen molar-refractivity contribution in [2.45, 2.75) is 50.6 Å². The van der Waals surface area contributed by atoms with E-state index in [1.165, 1.54) is 24.0 Å². The molecule has 2 atom stereocenters. The van der Waals surface area contributed by atoms with Gasteiger partial charge >= 0.3 is 0 Å². The first-order valence-electron chi connectivity index (χ1n) is 10.3. The lowest BCUT2D eigenvalue weighted by Gasteiger charge is -2.27. The van der Waals surface area contributed by atoms with Crippen LogP contribution in [0.3, 0.4) is 0 Å². The topological polar surface area (TPSA) is 70.1 Å². The van der Waals surface area contributed by atoms with Crippen molar-refractivity contribution in [3.63, 3.8) is 0 Å². The number of nitrogens with one attached hydrogen (secondary N) is 2. The van der Waals surface area contributed by atoms with Gasteiger partial charge in [0.1, 0.15) is 10.8 Å². The van der Waals surface area contributed by atoms with E-state index in [2.05, 4.69) is 39.9 Å². The molecule has 2 heterocycles. The van der Waals surface area contributed by atoms with Gasteiger partial charge in [0, 0.05) is 36.6 Å². The zero-order chi connectivity index (χ0) is 18.9. The van der Waals surface area contributed by atoms with E-state index in [1.807, 2.05) is 12.3 Å². The Morgan fingerprint density at radius 1 is 1.07 bits per heavy atom. The van der Waals surface area contributed by atoms with Gasteiger partial charge in [-0.3, -0.25) is 0 Å². The van der Waals surface area contributed by atoms with Crippen LogP contribution in [0.1, 0.15) is 38.5 Å². The zero-order valence-corrected chi connectivity index (χ0v) is 16.7. The highest BCUT2D eigenvalue weighted by Crippen LogP contribution is 2.37. The van der Waals surface area contributed by atoms with Crippen LogP contribution in [0.25, 0.3) is 20.8 Å². The summed E-state index contributed by atoms with van der Waals surface area (Å²) >= 11 is 1.71. The molecule has 0 bridgehead atoms. The van der Waals surface area contributed by atoms with Crippen molar-refractivity contribution < 1.29 is 5.11 Å². The van der Waals surface area contributed by atoms with Crippen molar-refractivity contribution in [3.8, 4) is 10.6 Å². The van der Waals surface area contributed by atoms with Crippen LogP contribution in [0.15, 0.2) is 36.5 Å². The molecule has 0 radical (unpaired) electrons. The maximum absolute atomic E-state index is 9.48. The zero-order valence-electron chi connectivity index (χ0n) is 15.9. The van der Waals surface area contributed by atoms with Crippen molar-refractivity contribution in [3.05, 3.63) is 36.5 Å². The van der Waals surface area contributed by atoms with Crippen molar-refractivity contribution in [1.29, 1.82) is 0 Å². The van der Waals surface area contributed by atoms with Crippen LogP contribution in [0, 0.1) is 5.92 Å². The van der Waals surface area contributed by atoms with Crippen molar-refractivity contribution in [2.24, 2.45) is 5.92 Å². The van der Waals surface area contributed by atoms with Gasteiger partial charge in [0.2, 0.25) is 0 Å². The average Bonchev–Trinajstić information content (AvgIpc) is 3.31. The third-order valence-electron chi connectivity index (χ3n) is 6.04. The maximum atomic E-state index is 9.48. The van der Waals surface area contributed by atoms with Crippen molar-refractivity contribution >= 4 is 33.1 Å². The Kier molecular flexibility index (Phi) is 4.91. The van der Waals surface area contributed by atoms with Crippen LogP contribution in [-0.2, 0) is 0 Å². The first kappa shape index (κ1) is 17.9. The first-order valence-corrected chi connectivity index (χ1v) is 11.1. The molecule has 0 aliphatic heterocycles. The lowest BCUT2D eigenvalue weighted by Crippen LogP contribution is -2.27. The largest absolute Gasteiger partial charge is 0.396 e.